The van der Waals surface area contributed by atoms with Crippen LogP contribution in [0.4, 0.5) is 8.78 Å². The van der Waals surface area contributed by atoms with Gasteiger partial charge in [0.25, 0.3) is 0 Å². The maximum atomic E-state index is 13.1. The van der Waals surface area contributed by atoms with Gasteiger partial charge in [0.05, 0.1) is 0 Å². The normalized spacial score (nSPS) is 19.1. The summed E-state index contributed by atoms with van der Waals surface area (Å²) in [6.07, 6.45) is 3.47. The quantitative estimate of drug-likeness (QED) is 0.783. The first kappa shape index (κ1) is 15.8. The number of benzene rings is 1. The summed E-state index contributed by atoms with van der Waals surface area (Å²) in [6, 6.07) is 8.51. The first-order valence-corrected chi connectivity index (χ1v) is 8.37. The average Bonchev–Trinajstić information content (AvgIpc) is 2.44. The molecule has 0 amide bonds. The van der Waals surface area contributed by atoms with E-state index in [2.05, 4.69) is 24.3 Å². The van der Waals surface area contributed by atoms with Crippen molar-refractivity contribution in [3.8, 4) is 0 Å². The molecule has 0 unspecified atom stereocenters. The highest BCUT2D eigenvalue weighted by Gasteiger charge is 2.34. The van der Waals surface area contributed by atoms with Gasteiger partial charge >= 0.3 is 0 Å². The lowest BCUT2D eigenvalue weighted by Crippen LogP contribution is -2.25. The van der Waals surface area contributed by atoms with E-state index >= 15 is 0 Å². The van der Waals surface area contributed by atoms with Crippen LogP contribution in [0.1, 0.15) is 37.7 Å². The Kier molecular flexibility index (Phi) is 5.85. The second kappa shape index (κ2) is 7.41. The highest BCUT2D eigenvalue weighted by molar-refractivity contribution is 7.99. The van der Waals surface area contributed by atoms with Crippen molar-refractivity contribution in [1.29, 1.82) is 0 Å². The maximum Gasteiger partial charge on any atom is 0.248 e. The van der Waals surface area contributed by atoms with Gasteiger partial charge in [0.2, 0.25) is 5.92 Å². The molecule has 112 valence electrons. The molecule has 0 spiro atoms. The summed E-state index contributed by atoms with van der Waals surface area (Å²) < 4.78 is 26.2. The number of alkyl halides is 2. The Morgan fingerprint density at radius 1 is 1.25 bits per heavy atom. The summed E-state index contributed by atoms with van der Waals surface area (Å²) in [5.74, 6) is -1.02. The van der Waals surface area contributed by atoms with Gasteiger partial charge in [0, 0.05) is 23.5 Å². The van der Waals surface area contributed by atoms with E-state index < -0.39 is 5.92 Å². The average molecular weight is 299 g/mol. The molecule has 1 aromatic rings. The molecule has 0 saturated heterocycles. The fourth-order valence-corrected chi connectivity index (χ4v) is 3.75. The highest BCUT2D eigenvalue weighted by Crippen LogP contribution is 2.38. The fourth-order valence-electron chi connectivity index (χ4n) is 2.58. The van der Waals surface area contributed by atoms with E-state index in [1.807, 2.05) is 0 Å². The first-order chi connectivity index (χ1) is 9.59. The number of halogens is 2. The summed E-state index contributed by atoms with van der Waals surface area (Å²) in [6.45, 7) is 0.716. The molecule has 2 N–H and O–H groups in total. The third-order valence-corrected chi connectivity index (χ3v) is 5.12. The van der Waals surface area contributed by atoms with Crippen LogP contribution in [0, 0.1) is 5.92 Å². The Morgan fingerprint density at radius 2 is 2.00 bits per heavy atom. The molecule has 0 aliphatic heterocycles. The second-order valence-corrected chi connectivity index (χ2v) is 6.74. The summed E-state index contributed by atoms with van der Waals surface area (Å²) >= 11 is 1.80. The highest BCUT2D eigenvalue weighted by atomic mass is 32.2. The Labute approximate surface area is 124 Å². The van der Waals surface area contributed by atoms with Crippen LogP contribution >= 0.6 is 11.8 Å². The molecule has 1 nitrogen and oxygen atoms in total. The second-order valence-electron chi connectivity index (χ2n) is 5.65. The van der Waals surface area contributed by atoms with Gasteiger partial charge in [-0.2, -0.15) is 0 Å². The van der Waals surface area contributed by atoms with Gasteiger partial charge in [-0.05, 0) is 55.8 Å². The molecule has 2 rings (SSSR count). The summed E-state index contributed by atoms with van der Waals surface area (Å²) in [4.78, 5) is 1.25. The van der Waals surface area contributed by atoms with Crippen molar-refractivity contribution in [3.63, 3.8) is 0 Å². The third-order valence-electron chi connectivity index (χ3n) is 3.89. The van der Waals surface area contributed by atoms with E-state index in [4.69, 9.17) is 5.73 Å². The van der Waals surface area contributed by atoms with Crippen LogP contribution in [0.2, 0.25) is 0 Å². The molecule has 0 bridgehead atoms. The number of thioether (sulfide) groups is 1. The lowest BCUT2D eigenvalue weighted by atomic mass is 9.88. The van der Waals surface area contributed by atoms with Crippen molar-refractivity contribution in [2.75, 3.05) is 12.3 Å². The van der Waals surface area contributed by atoms with E-state index in [0.717, 1.165) is 18.6 Å². The number of aryl methyl sites for hydroxylation is 1. The zero-order valence-corrected chi connectivity index (χ0v) is 12.6. The van der Waals surface area contributed by atoms with Gasteiger partial charge in [-0.25, -0.2) is 8.78 Å². The van der Waals surface area contributed by atoms with Crippen LogP contribution < -0.4 is 5.73 Å². The zero-order chi connectivity index (χ0) is 14.4. The van der Waals surface area contributed by atoms with Crippen LogP contribution in [-0.4, -0.2) is 18.2 Å². The predicted octanol–water partition coefficient (Wildman–Crippen LogP) is 4.50. The minimum atomic E-state index is -2.41. The Balaban J connectivity index is 1.79. The van der Waals surface area contributed by atoms with Crippen molar-refractivity contribution in [1.82, 2.24) is 0 Å². The third kappa shape index (κ3) is 5.06. The molecule has 1 aromatic carbocycles. The largest absolute Gasteiger partial charge is 0.330 e. The molecular weight excluding hydrogens is 276 g/mol. The van der Waals surface area contributed by atoms with E-state index in [0.29, 0.717) is 25.3 Å². The number of hydrogen-bond acceptors (Lipinski definition) is 2. The molecule has 0 aromatic heterocycles. The van der Waals surface area contributed by atoms with E-state index in [1.165, 1.54) is 10.5 Å². The summed E-state index contributed by atoms with van der Waals surface area (Å²) in [7, 11) is 0. The topological polar surface area (TPSA) is 26.0 Å². The van der Waals surface area contributed by atoms with Gasteiger partial charge < -0.3 is 5.73 Å². The Morgan fingerprint density at radius 3 is 2.70 bits per heavy atom. The fraction of sp³-hybridized carbons (Fsp3) is 0.625. The molecule has 0 atom stereocenters. The molecule has 4 heteroatoms. The van der Waals surface area contributed by atoms with Crippen LogP contribution in [0.5, 0.6) is 0 Å². The SMILES string of the molecule is NCCCc1cccc(SCC2CCC(F)(F)CC2)c1. The van der Waals surface area contributed by atoms with Gasteiger partial charge in [0.1, 0.15) is 0 Å². The van der Waals surface area contributed by atoms with E-state index in [1.54, 1.807) is 11.8 Å². The van der Waals surface area contributed by atoms with Crippen LogP contribution in [0.25, 0.3) is 0 Å². The van der Waals surface area contributed by atoms with Crippen LogP contribution in [0.3, 0.4) is 0 Å². The summed E-state index contributed by atoms with van der Waals surface area (Å²) in [5, 5.41) is 0. The van der Waals surface area contributed by atoms with Crippen molar-refractivity contribution in [2.24, 2.45) is 11.7 Å². The number of rotatable bonds is 6. The number of nitrogens with two attached hydrogens (primary N) is 1. The lowest BCUT2D eigenvalue weighted by molar-refractivity contribution is -0.0433. The zero-order valence-electron chi connectivity index (χ0n) is 11.8. The van der Waals surface area contributed by atoms with Gasteiger partial charge in [-0.3, -0.25) is 0 Å². The van der Waals surface area contributed by atoms with Crippen LogP contribution in [0.15, 0.2) is 29.2 Å². The monoisotopic (exact) mass is 299 g/mol. The first-order valence-electron chi connectivity index (χ1n) is 7.39. The maximum absolute atomic E-state index is 13.1. The minimum Gasteiger partial charge on any atom is -0.330 e. The minimum absolute atomic E-state index is 0.0643. The molecule has 1 aliphatic rings. The molecule has 0 radical (unpaired) electrons. The van der Waals surface area contributed by atoms with E-state index in [9.17, 15) is 8.78 Å². The van der Waals surface area contributed by atoms with Crippen molar-refractivity contribution >= 4 is 11.8 Å². The standard InChI is InChI=1S/C16H23F2NS/c17-16(18)8-6-14(7-9-16)12-20-15-5-1-3-13(11-15)4-2-10-19/h1,3,5,11,14H,2,4,6-10,12,19H2. The van der Waals surface area contributed by atoms with Crippen molar-refractivity contribution in [2.45, 2.75) is 49.3 Å². The molecule has 0 heterocycles. The molecule has 1 saturated carbocycles. The Hall–Kier alpha value is -0.610. The van der Waals surface area contributed by atoms with E-state index in [-0.39, 0.29) is 12.8 Å². The smallest absolute Gasteiger partial charge is 0.248 e. The van der Waals surface area contributed by atoms with Crippen molar-refractivity contribution in [3.05, 3.63) is 29.8 Å². The van der Waals surface area contributed by atoms with Crippen molar-refractivity contribution < 1.29 is 8.78 Å². The molecular formula is C16H23F2NS. The van der Waals surface area contributed by atoms with Gasteiger partial charge in [-0.15, -0.1) is 11.8 Å². The van der Waals surface area contributed by atoms with Crippen LogP contribution in [-0.2, 0) is 6.42 Å². The Bertz CT molecular complexity index is 413. The number of hydrogen-bond donors (Lipinski definition) is 1. The lowest BCUT2D eigenvalue weighted by Gasteiger charge is -2.27. The molecule has 1 fully saturated rings. The predicted molar refractivity (Wildman–Crippen MR) is 81.4 cm³/mol. The van der Waals surface area contributed by atoms with Gasteiger partial charge in [-0.1, -0.05) is 12.1 Å². The summed E-state index contributed by atoms with van der Waals surface area (Å²) in [5.41, 5.74) is 6.84. The molecule has 1 aliphatic carbocycles. The van der Waals surface area contributed by atoms with Gasteiger partial charge in [0.15, 0.2) is 0 Å². The molecule has 20 heavy (non-hydrogen) atoms.